The quantitative estimate of drug-likeness (QED) is 0.534. The number of imide groups is 1. The number of aromatic carboxylic acids is 1. The molecule has 3 amide bonds. The molecule has 0 spiro atoms. The maximum absolute atomic E-state index is 11.1. The largest absolute Gasteiger partial charge is 0.481 e. The lowest BCUT2D eigenvalue weighted by Gasteiger charge is -2.10. The topological polar surface area (TPSA) is 145 Å². The standard InChI is InChI=1S/C10H11N3O5/c11-6-3-1-2-5(9(15)16)8(6)18-4-7(14)13-10(12)17/h1-3H,4,11H2,(H,15,16)(H3,12,13,14,17). The van der Waals surface area contributed by atoms with Crippen LogP contribution in [-0.4, -0.2) is 29.6 Å². The summed E-state index contributed by atoms with van der Waals surface area (Å²) in [5.41, 5.74) is 10.2. The third-order valence-electron chi connectivity index (χ3n) is 1.89. The first-order chi connectivity index (χ1) is 8.41. The number of nitrogen functional groups attached to an aromatic ring is 1. The van der Waals surface area contributed by atoms with Crippen molar-refractivity contribution < 1.29 is 24.2 Å². The predicted molar refractivity (Wildman–Crippen MR) is 61.0 cm³/mol. The number of rotatable bonds is 4. The molecule has 0 saturated heterocycles. The molecule has 1 aromatic rings. The maximum Gasteiger partial charge on any atom is 0.339 e. The number of urea groups is 1. The Bertz CT molecular complexity index is 500. The first-order valence-corrected chi connectivity index (χ1v) is 4.75. The summed E-state index contributed by atoms with van der Waals surface area (Å²) in [7, 11) is 0. The number of hydrogen-bond acceptors (Lipinski definition) is 5. The third kappa shape index (κ3) is 3.37. The van der Waals surface area contributed by atoms with Crippen LogP contribution in [0.2, 0.25) is 0 Å². The summed E-state index contributed by atoms with van der Waals surface area (Å²) in [5.74, 6) is -2.18. The average molecular weight is 253 g/mol. The Morgan fingerprint density at radius 1 is 1.33 bits per heavy atom. The molecule has 1 rings (SSSR count). The molecule has 8 nitrogen and oxygen atoms in total. The van der Waals surface area contributed by atoms with E-state index >= 15 is 0 Å². The van der Waals surface area contributed by atoms with Gasteiger partial charge in [-0.15, -0.1) is 0 Å². The molecule has 0 aromatic heterocycles. The minimum absolute atomic E-state index is 0.0711. The summed E-state index contributed by atoms with van der Waals surface area (Å²) < 4.78 is 4.97. The Balaban J connectivity index is 2.81. The van der Waals surface area contributed by atoms with Gasteiger partial charge < -0.3 is 21.3 Å². The van der Waals surface area contributed by atoms with Crippen LogP contribution in [0.5, 0.6) is 5.75 Å². The number of carbonyl (C=O) groups is 3. The monoisotopic (exact) mass is 253 g/mol. The fraction of sp³-hybridized carbons (Fsp3) is 0.100. The Morgan fingerprint density at radius 3 is 2.56 bits per heavy atom. The number of carboxylic acid groups (broad SMARTS) is 1. The highest BCUT2D eigenvalue weighted by Crippen LogP contribution is 2.26. The van der Waals surface area contributed by atoms with Gasteiger partial charge in [0.2, 0.25) is 0 Å². The average Bonchev–Trinajstić information content (AvgIpc) is 2.25. The molecule has 1 aromatic carbocycles. The van der Waals surface area contributed by atoms with Gasteiger partial charge in [-0.1, -0.05) is 6.07 Å². The Kier molecular flexibility index (Phi) is 4.08. The number of anilines is 1. The molecule has 0 heterocycles. The van der Waals surface area contributed by atoms with Crippen molar-refractivity contribution in [2.24, 2.45) is 5.73 Å². The fourth-order valence-electron chi connectivity index (χ4n) is 1.20. The maximum atomic E-state index is 11.1. The smallest absolute Gasteiger partial charge is 0.339 e. The second-order valence-corrected chi connectivity index (χ2v) is 3.23. The van der Waals surface area contributed by atoms with E-state index in [-0.39, 0.29) is 17.0 Å². The van der Waals surface area contributed by atoms with E-state index in [4.69, 9.17) is 21.3 Å². The number of ether oxygens (including phenoxy) is 1. The summed E-state index contributed by atoms with van der Waals surface area (Å²) in [4.78, 5) is 32.4. The summed E-state index contributed by atoms with van der Waals surface area (Å²) in [5, 5.41) is 10.7. The van der Waals surface area contributed by atoms with E-state index in [0.717, 1.165) is 0 Å². The fourth-order valence-corrected chi connectivity index (χ4v) is 1.20. The molecule has 96 valence electrons. The number of benzene rings is 1. The van der Waals surface area contributed by atoms with Gasteiger partial charge in [-0.3, -0.25) is 10.1 Å². The summed E-state index contributed by atoms with van der Waals surface area (Å²) in [6, 6.07) is 3.12. The van der Waals surface area contributed by atoms with E-state index in [0.29, 0.717) is 0 Å². The van der Waals surface area contributed by atoms with E-state index in [9.17, 15) is 14.4 Å². The van der Waals surface area contributed by atoms with Crippen molar-refractivity contribution in [2.75, 3.05) is 12.3 Å². The molecule has 0 fully saturated rings. The van der Waals surface area contributed by atoms with E-state index in [1.165, 1.54) is 18.2 Å². The molecule has 0 aliphatic rings. The normalized spacial score (nSPS) is 9.56. The third-order valence-corrected chi connectivity index (χ3v) is 1.89. The molecular weight excluding hydrogens is 242 g/mol. The van der Waals surface area contributed by atoms with Crippen molar-refractivity contribution in [3.05, 3.63) is 23.8 Å². The Hall–Kier alpha value is -2.77. The zero-order valence-electron chi connectivity index (χ0n) is 9.17. The van der Waals surface area contributed by atoms with Crippen LogP contribution in [0.4, 0.5) is 10.5 Å². The van der Waals surface area contributed by atoms with Gasteiger partial charge in [-0.05, 0) is 12.1 Å². The molecule has 6 N–H and O–H groups in total. The number of carbonyl (C=O) groups excluding carboxylic acids is 2. The molecular formula is C10H11N3O5. The van der Waals surface area contributed by atoms with Gasteiger partial charge in [0.05, 0.1) is 5.69 Å². The van der Waals surface area contributed by atoms with Crippen LogP contribution >= 0.6 is 0 Å². The van der Waals surface area contributed by atoms with Crippen molar-refractivity contribution in [3.8, 4) is 5.75 Å². The zero-order valence-corrected chi connectivity index (χ0v) is 9.17. The first kappa shape index (κ1) is 13.3. The SMILES string of the molecule is NC(=O)NC(=O)COc1c(N)cccc1C(=O)O. The highest BCUT2D eigenvalue weighted by molar-refractivity contribution is 5.95. The van der Waals surface area contributed by atoms with Gasteiger partial charge >= 0.3 is 12.0 Å². The minimum Gasteiger partial charge on any atom is -0.481 e. The van der Waals surface area contributed by atoms with Crippen molar-refractivity contribution in [1.82, 2.24) is 5.32 Å². The molecule has 0 radical (unpaired) electrons. The summed E-state index contributed by atoms with van der Waals surface area (Å²) in [6.45, 7) is -0.572. The van der Waals surface area contributed by atoms with Gasteiger partial charge in [0.25, 0.3) is 5.91 Å². The summed E-state index contributed by atoms with van der Waals surface area (Å²) >= 11 is 0. The van der Waals surface area contributed by atoms with Gasteiger partial charge in [-0.25, -0.2) is 9.59 Å². The van der Waals surface area contributed by atoms with Crippen molar-refractivity contribution in [2.45, 2.75) is 0 Å². The van der Waals surface area contributed by atoms with Gasteiger partial charge in [-0.2, -0.15) is 0 Å². The second-order valence-electron chi connectivity index (χ2n) is 3.23. The molecule has 18 heavy (non-hydrogen) atoms. The first-order valence-electron chi connectivity index (χ1n) is 4.75. The number of para-hydroxylation sites is 1. The van der Waals surface area contributed by atoms with Gasteiger partial charge in [0.15, 0.2) is 12.4 Å². The van der Waals surface area contributed by atoms with E-state index in [1.807, 2.05) is 0 Å². The number of amides is 3. The molecule has 0 unspecified atom stereocenters. The highest BCUT2D eigenvalue weighted by atomic mass is 16.5. The number of nitrogens with one attached hydrogen (secondary N) is 1. The molecule has 8 heteroatoms. The van der Waals surface area contributed by atoms with Gasteiger partial charge in [0, 0.05) is 0 Å². The predicted octanol–water partition coefficient (Wildman–Crippen LogP) is -0.459. The molecule has 0 bridgehead atoms. The molecule has 0 aliphatic heterocycles. The summed E-state index contributed by atoms with van der Waals surface area (Å²) in [6.07, 6.45) is 0. The van der Waals surface area contributed by atoms with Gasteiger partial charge in [0.1, 0.15) is 5.56 Å². The van der Waals surface area contributed by atoms with Crippen LogP contribution in [0.3, 0.4) is 0 Å². The lowest BCUT2D eigenvalue weighted by Crippen LogP contribution is -2.38. The van der Waals surface area contributed by atoms with Crippen molar-refractivity contribution in [1.29, 1.82) is 0 Å². The lowest BCUT2D eigenvalue weighted by atomic mass is 10.2. The Morgan fingerprint density at radius 2 is 2.00 bits per heavy atom. The van der Waals surface area contributed by atoms with Crippen LogP contribution in [0.15, 0.2) is 18.2 Å². The molecule has 0 aliphatic carbocycles. The van der Waals surface area contributed by atoms with Crippen molar-refractivity contribution in [3.63, 3.8) is 0 Å². The number of nitrogens with two attached hydrogens (primary N) is 2. The molecule has 0 saturated carbocycles. The highest BCUT2D eigenvalue weighted by Gasteiger charge is 2.15. The lowest BCUT2D eigenvalue weighted by molar-refractivity contribution is -0.121. The van der Waals surface area contributed by atoms with Crippen LogP contribution in [-0.2, 0) is 4.79 Å². The van der Waals surface area contributed by atoms with Crippen LogP contribution in [0.1, 0.15) is 10.4 Å². The van der Waals surface area contributed by atoms with Crippen LogP contribution in [0.25, 0.3) is 0 Å². The Labute approximate surface area is 102 Å². The van der Waals surface area contributed by atoms with E-state index < -0.39 is 24.5 Å². The van der Waals surface area contributed by atoms with E-state index in [2.05, 4.69) is 0 Å². The van der Waals surface area contributed by atoms with Crippen molar-refractivity contribution >= 4 is 23.6 Å². The number of primary amides is 1. The minimum atomic E-state index is -1.24. The van der Waals surface area contributed by atoms with Crippen LogP contribution < -0.4 is 21.5 Å². The molecule has 0 atom stereocenters. The van der Waals surface area contributed by atoms with E-state index in [1.54, 1.807) is 5.32 Å². The zero-order chi connectivity index (χ0) is 13.7. The number of hydrogen-bond donors (Lipinski definition) is 4. The van der Waals surface area contributed by atoms with Crippen LogP contribution in [0, 0.1) is 0 Å². The number of carboxylic acids is 1. The second kappa shape index (κ2) is 5.53.